The molecule has 8 heteroatoms. The van der Waals surface area contributed by atoms with E-state index in [9.17, 15) is 19.2 Å². The maximum absolute atomic E-state index is 11.0. The molecule has 3 N–H and O–H groups in total. The van der Waals surface area contributed by atoms with Crippen LogP contribution < -0.4 is 16.1 Å². The fourth-order valence-electron chi connectivity index (χ4n) is 0.996. The molecule has 1 heterocycles. The first-order valence-electron chi connectivity index (χ1n) is 4.19. The lowest BCUT2D eigenvalue weighted by molar-refractivity contribution is -0.140. The molecule has 0 atom stereocenters. The highest BCUT2D eigenvalue weighted by Gasteiger charge is 2.30. The predicted molar refractivity (Wildman–Crippen MR) is 47.2 cm³/mol. The number of carbonyl (C=O) groups excluding carboxylic acids is 4. The lowest BCUT2D eigenvalue weighted by atomic mass is 10.4. The van der Waals surface area contributed by atoms with Crippen molar-refractivity contribution in [3.63, 3.8) is 0 Å². The van der Waals surface area contributed by atoms with Crippen LogP contribution in [0.4, 0.5) is 9.59 Å². The molecule has 0 aromatic carbocycles. The number of nitrogens with one attached hydrogen (secondary N) is 3. The minimum absolute atomic E-state index is 0.0685. The van der Waals surface area contributed by atoms with Crippen LogP contribution in [-0.2, 0) is 9.59 Å². The molecule has 0 aromatic rings. The maximum atomic E-state index is 11.0. The Morgan fingerprint density at radius 1 is 1.13 bits per heavy atom. The van der Waals surface area contributed by atoms with E-state index in [0.29, 0.717) is 5.01 Å². The molecule has 0 saturated carbocycles. The van der Waals surface area contributed by atoms with Crippen LogP contribution in [0.5, 0.6) is 0 Å². The molecule has 1 aliphatic rings. The third-order valence-electron chi connectivity index (χ3n) is 1.72. The smallest absolute Gasteiger partial charge is 0.341 e. The number of hydrogen-bond acceptors (Lipinski definition) is 4. The van der Waals surface area contributed by atoms with Crippen LogP contribution in [0.2, 0.25) is 0 Å². The number of hydrazine groups is 1. The summed E-state index contributed by atoms with van der Waals surface area (Å²) in [7, 11) is 1.33. The highest BCUT2D eigenvalue weighted by Crippen LogP contribution is 2.07. The van der Waals surface area contributed by atoms with E-state index in [1.54, 1.807) is 0 Å². The van der Waals surface area contributed by atoms with E-state index in [2.05, 4.69) is 5.32 Å². The fourth-order valence-corrected chi connectivity index (χ4v) is 0.996. The molecule has 0 unspecified atom stereocenters. The van der Waals surface area contributed by atoms with E-state index in [1.165, 1.54) is 7.05 Å². The van der Waals surface area contributed by atoms with E-state index < -0.39 is 23.9 Å². The summed E-state index contributed by atoms with van der Waals surface area (Å²) in [4.78, 5) is 43.8. The topological polar surface area (TPSA) is 108 Å². The van der Waals surface area contributed by atoms with Crippen LogP contribution in [0.3, 0.4) is 0 Å². The van der Waals surface area contributed by atoms with Gasteiger partial charge in [0.05, 0.1) is 0 Å². The Morgan fingerprint density at radius 2 is 1.67 bits per heavy atom. The summed E-state index contributed by atoms with van der Waals surface area (Å²) < 4.78 is 0. The van der Waals surface area contributed by atoms with Crippen LogP contribution in [0.15, 0.2) is 0 Å². The van der Waals surface area contributed by atoms with Gasteiger partial charge >= 0.3 is 12.1 Å². The summed E-state index contributed by atoms with van der Waals surface area (Å²) in [5.41, 5.74) is 1.97. The van der Waals surface area contributed by atoms with Crippen LogP contribution in [0.25, 0.3) is 0 Å². The number of amides is 6. The molecule has 15 heavy (non-hydrogen) atoms. The number of rotatable bonds is 1. The minimum Gasteiger partial charge on any atom is -0.341 e. The van der Waals surface area contributed by atoms with Crippen LogP contribution in [-0.4, -0.2) is 35.9 Å². The van der Waals surface area contributed by atoms with E-state index in [4.69, 9.17) is 0 Å². The zero-order chi connectivity index (χ0) is 11.4. The number of nitrogens with zero attached hydrogens (tertiary/aromatic N) is 1. The molecule has 6 amide bonds. The Kier molecular flexibility index (Phi) is 3.21. The predicted octanol–water partition coefficient (Wildman–Crippen LogP) is -1.31. The zero-order valence-electron chi connectivity index (χ0n) is 7.99. The van der Waals surface area contributed by atoms with Gasteiger partial charge in [0.1, 0.15) is 0 Å². The van der Waals surface area contributed by atoms with Crippen molar-refractivity contribution >= 4 is 23.9 Å². The molecule has 1 aliphatic heterocycles. The molecule has 1 saturated heterocycles. The van der Waals surface area contributed by atoms with Crippen LogP contribution >= 0.6 is 0 Å². The fraction of sp³-hybridized carbons (Fsp3) is 0.429. The summed E-state index contributed by atoms with van der Waals surface area (Å²) in [5, 5.41) is 4.59. The molecule has 0 spiro atoms. The molecule has 8 nitrogen and oxygen atoms in total. The van der Waals surface area contributed by atoms with Gasteiger partial charge in [-0.05, 0) is 0 Å². The van der Waals surface area contributed by atoms with Gasteiger partial charge in [-0.1, -0.05) is 0 Å². The van der Waals surface area contributed by atoms with E-state index in [-0.39, 0.29) is 12.8 Å². The average molecular weight is 214 g/mol. The molecular weight excluding hydrogens is 204 g/mol. The van der Waals surface area contributed by atoms with Crippen molar-refractivity contribution in [1.29, 1.82) is 0 Å². The monoisotopic (exact) mass is 214 g/mol. The van der Waals surface area contributed by atoms with Gasteiger partial charge < -0.3 is 5.32 Å². The van der Waals surface area contributed by atoms with Crippen molar-refractivity contribution in [1.82, 2.24) is 21.1 Å². The first kappa shape index (κ1) is 11.0. The molecular formula is C7H10N4O4. The Balaban J connectivity index is 2.47. The zero-order valence-corrected chi connectivity index (χ0v) is 7.99. The number of carbonyl (C=O) groups is 4. The normalized spacial score (nSPS) is 15.1. The molecule has 0 bridgehead atoms. The number of urea groups is 2. The summed E-state index contributed by atoms with van der Waals surface area (Å²) >= 11 is 0. The van der Waals surface area contributed by atoms with Crippen molar-refractivity contribution in [3.8, 4) is 0 Å². The van der Waals surface area contributed by atoms with E-state index in [1.807, 2.05) is 10.7 Å². The Labute approximate surface area is 84.9 Å². The van der Waals surface area contributed by atoms with Gasteiger partial charge in [0.2, 0.25) is 11.8 Å². The summed E-state index contributed by atoms with van der Waals surface area (Å²) in [6, 6.07) is -1.66. The number of hydrogen-bond donors (Lipinski definition) is 3. The molecule has 1 rings (SSSR count). The molecule has 0 aromatic heterocycles. The minimum atomic E-state index is -0.932. The Hall–Kier alpha value is -2.12. The van der Waals surface area contributed by atoms with Gasteiger partial charge in [0.25, 0.3) is 0 Å². The molecule has 0 aliphatic carbocycles. The molecule has 1 fully saturated rings. The van der Waals surface area contributed by atoms with Gasteiger partial charge in [-0.15, -0.1) is 0 Å². The van der Waals surface area contributed by atoms with E-state index >= 15 is 0 Å². The third-order valence-corrected chi connectivity index (χ3v) is 1.72. The third kappa shape index (κ3) is 2.66. The summed E-state index contributed by atoms with van der Waals surface area (Å²) in [6.07, 6.45) is 0.137. The average Bonchev–Trinajstić information content (AvgIpc) is 2.49. The van der Waals surface area contributed by atoms with Crippen molar-refractivity contribution < 1.29 is 19.2 Å². The van der Waals surface area contributed by atoms with Crippen LogP contribution in [0.1, 0.15) is 12.8 Å². The molecule has 82 valence electrons. The van der Waals surface area contributed by atoms with Crippen molar-refractivity contribution in [2.24, 2.45) is 0 Å². The Morgan fingerprint density at radius 3 is 2.13 bits per heavy atom. The second-order valence-corrected chi connectivity index (χ2v) is 2.77. The van der Waals surface area contributed by atoms with Crippen molar-refractivity contribution in [2.75, 3.05) is 7.05 Å². The van der Waals surface area contributed by atoms with E-state index in [0.717, 1.165) is 0 Å². The number of imide groups is 2. The second-order valence-electron chi connectivity index (χ2n) is 2.77. The summed E-state index contributed by atoms with van der Waals surface area (Å²) in [6.45, 7) is 0. The Bertz CT molecular complexity index is 311. The lowest BCUT2D eigenvalue weighted by Crippen LogP contribution is -2.52. The van der Waals surface area contributed by atoms with Crippen molar-refractivity contribution in [3.05, 3.63) is 0 Å². The van der Waals surface area contributed by atoms with Gasteiger partial charge in [-0.25, -0.2) is 15.0 Å². The highest BCUT2D eigenvalue weighted by molar-refractivity contribution is 6.04. The lowest BCUT2D eigenvalue weighted by Gasteiger charge is -2.14. The SMILES string of the molecule is CNC(=O)NC(=O)NN1C(=O)CCC1=O. The summed E-state index contributed by atoms with van der Waals surface area (Å²) in [5.74, 6) is -0.987. The van der Waals surface area contributed by atoms with Crippen molar-refractivity contribution in [2.45, 2.75) is 12.8 Å². The largest absolute Gasteiger partial charge is 0.342 e. The first-order chi connectivity index (χ1) is 7.04. The van der Waals surface area contributed by atoms with Gasteiger partial charge in [0.15, 0.2) is 0 Å². The standard InChI is InChI=1S/C7H10N4O4/c1-8-6(14)9-7(15)10-11-4(12)2-3-5(11)13/h2-3H2,1H3,(H3,8,9,10,14,15). The van der Waals surface area contributed by atoms with Crippen LogP contribution in [0, 0.1) is 0 Å². The van der Waals surface area contributed by atoms with Gasteiger partial charge in [-0.2, -0.15) is 5.01 Å². The maximum Gasteiger partial charge on any atom is 0.342 e. The van der Waals surface area contributed by atoms with Gasteiger partial charge in [0, 0.05) is 19.9 Å². The molecule has 0 radical (unpaired) electrons. The quantitative estimate of drug-likeness (QED) is 0.471. The highest BCUT2D eigenvalue weighted by atomic mass is 16.2. The second kappa shape index (κ2) is 4.40. The van der Waals surface area contributed by atoms with Gasteiger partial charge in [-0.3, -0.25) is 14.9 Å². The first-order valence-corrected chi connectivity index (χ1v) is 4.19.